The first-order valence-corrected chi connectivity index (χ1v) is 8.66. The predicted molar refractivity (Wildman–Crippen MR) is 95.8 cm³/mol. The van der Waals surface area contributed by atoms with E-state index in [4.69, 9.17) is 4.74 Å². The Hall–Kier alpha value is -2.17. The first-order chi connectivity index (χ1) is 11.4. The fraction of sp³-hybridized carbons (Fsp3) is 0.211. The normalized spacial score (nSPS) is 10.6. The molecule has 0 unspecified atom stereocenters. The second-order valence-electron chi connectivity index (χ2n) is 5.26. The Kier molecular flexibility index (Phi) is 5.78. The lowest BCUT2D eigenvalue weighted by molar-refractivity contribution is 0.316. The second-order valence-corrected chi connectivity index (χ2v) is 6.17. The lowest BCUT2D eigenvalue weighted by Crippen LogP contribution is -2.17. The van der Waals surface area contributed by atoms with Crippen molar-refractivity contribution in [1.29, 1.82) is 0 Å². The Morgan fingerprint density at radius 3 is 2.74 bits per heavy atom. The third-order valence-corrected chi connectivity index (χ3v) is 4.25. The molecule has 0 aliphatic carbocycles. The summed E-state index contributed by atoms with van der Waals surface area (Å²) in [5.41, 5.74) is 3.56. The van der Waals surface area contributed by atoms with Crippen LogP contribution in [0.3, 0.4) is 0 Å². The van der Waals surface area contributed by atoms with Crippen LogP contribution in [0.5, 0.6) is 5.06 Å². The Bertz CT molecular complexity index is 698. The van der Waals surface area contributed by atoms with Gasteiger partial charge in [0.2, 0.25) is 0 Å². The van der Waals surface area contributed by atoms with Crippen LogP contribution in [0, 0.1) is 0 Å². The number of benzene rings is 1. The molecule has 0 radical (unpaired) electrons. The van der Waals surface area contributed by atoms with Crippen LogP contribution in [0.25, 0.3) is 11.1 Å². The average Bonchev–Trinajstić information content (AvgIpc) is 3.12. The Balaban J connectivity index is 1.42. The minimum Gasteiger partial charge on any atom is -0.484 e. The molecule has 1 N–H and O–H groups in total. The SMILES string of the molecule is c1ccc(-c2cncc(CNCCCOc3cccs3)c2)cc1. The van der Waals surface area contributed by atoms with Gasteiger partial charge in [-0.25, -0.2) is 0 Å². The van der Waals surface area contributed by atoms with Crippen molar-refractivity contribution in [1.82, 2.24) is 10.3 Å². The van der Waals surface area contributed by atoms with Gasteiger partial charge in [0.05, 0.1) is 6.61 Å². The van der Waals surface area contributed by atoms with E-state index >= 15 is 0 Å². The number of hydrogen-bond donors (Lipinski definition) is 1. The molecular weight excluding hydrogens is 304 g/mol. The van der Waals surface area contributed by atoms with Gasteiger partial charge in [-0.2, -0.15) is 0 Å². The van der Waals surface area contributed by atoms with Gasteiger partial charge in [-0.1, -0.05) is 30.3 Å². The summed E-state index contributed by atoms with van der Waals surface area (Å²) >= 11 is 1.63. The van der Waals surface area contributed by atoms with Crippen LogP contribution in [0.15, 0.2) is 66.3 Å². The molecule has 0 saturated heterocycles. The number of hydrogen-bond acceptors (Lipinski definition) is 4. The highest BCUT2D eigenvalue weighted by molar-refractivity contribution is 7.11. The van der Waals surface area contributed by atoms with Crippen molar-refractivity contribution in [2.45, 2.75) is 13.0 Å². The summed E-state index contributed by atoms with van der Waals surface area (Å²) in [6, 6.07) is 16.5. The Labute approximate surface area is 141 Å². The van der Waals surface area contributed by atoms with Crippen LogP contribution in [0.4, 0.5) is 0 Å². The molecule has 0 amide bonds. The molecule has 0 atom stereocenters. The van der Waals surface area contributed by atoms with E-state index in [9.17, 15) is 0 Å². The van der Waals surface area contributed by atoms with Crippen molar-refractivity contribution in [3.63, 3.8) is 0 Å². The van der Waals surface area contributed by atoms with Gasteiger partial charge in [0.1, 0.15) is 0 Å². The summed E-state index contributed by atoms with van der Waals surface area (Å²) in [6.45, 7) is 2.50. The molecule has 0 spiro atoms. The molecule has 118 valence electrons. The van der Waals surface area contributed by atoms with Crippen molar-refractivity contribution in [3.8, 4) is 16.2 Å². The van der Waals surface area contributed by atoms with Crippen LogP contribution in [0.2, 0.25) is 0 Å². The molecule has 1 aromatic carbocycles. The zero-order valence-electron chi connectivity index (χ0n) is 12.9. The van der Waals surface area contributed by atoms with Crippen molar-refractivity contribution in [2.24, 2.45) is 0 Å². The number of nitrogens with zero attached hydrogens (tertiary/aromatic N) is 1. The van der Waals surface area contributed by atoms with Crippen LogP contribution in [-0.4, -0.2) is 18.1 Å². The summed E-state index contributed by atoms with van der Waals surface area (Å²) in [6.07, 6.45) is 4.82. The van der Waals surface area contributed by atoms with Gasteiger partial charge in [0.25, 0.3) is 0 Å². The van der Waals surface area contributed by atoms with E-state index in [1.165, 1.54) is 11.1 Å². The van der Waals surface area contributed by atoms with Gasteiger partial charge < -0.3 is 10.1 Å². The van der Waals surface area contributed by atoms with Gasteiger partial charge >= 0.3 is 0 Å². The number of rotatable bonds is 8. The molecule has 2 heterocycles. The van der Waals surface area contributed by atoms with Crippen molar-refractivity contribution in [3.05, 3.63) is 71.9 Å². The minimum absolute atomic E-state index is 0.746. The zero-order valence-corrected chi connectivity index (χ0v) is 13.8. The molecule has 0 aliphatic rings. The second kappa shape index (κ2) is 8.46. The van der Waals surface area contributed by atoms with E-state index in [0.717, 1.165) is 36.7 Å². The molecule has 3 rings (SSSR count). The minimum atomic E-state index is 0.746. The van der Waals surface area contributed by atoms with Crippen molar-refractivity contribution in [2.75, 3.05) is 13.2 Å². The molecule has 0 fully saturated rings. The number of pyridine rings is 1. The zero-order chi connectivity index (χ0) is 15.7. The average molecular weight is 324 g/mol. The van der Waals surface area contributed by atoms with Crippen molar-refractivity contribution >= 4 is 11.3 Å². The maximum Gasteiger partial charge on any atom is 0.173 e. The molecule has 3 aromatic rings. The Morgan fingerprint density at radius 1 is 1.00 bits per heavy atom. The first kappa shape index (κ1) is 15.7. The van der Waals surface area contributed by atoms with Crippen molar-refractivity contribution < 1.29 is 4.74 Å². The van der Waals surface area contributed by atoms with E-state index in [1.807, 2.05) is 48.1 Å². The maximum absolute atomic E-state index is 5.64. The molecule has 0 bridgehead atoms. The molecule has 0 saturated carbocycles. The van der Waals surface area contributed by atoms with Gasteiger partial charge in [-0.15, -0.1) is 11.3 Å². The molecular formula is C19H20N2OS. The Morgan fingerprint density at radius 2 is 1.91 bits per heavy atom. The summed E-state index contributed by atoms with van der Waals surface area (Å²) < 4.78 is 5.64. The molecule has 2 aromatic heterocycles. The molecule has 0 aliphatic heterocycles. The lowest BCUT2D eigenvalue weighted by Gasteiger charge is -2.07. The predicted octanol–water partition coefficient (Wildman–Crippen LogP) is 4.37. The number of thiophene rings is 1. The third-order valence-electron chi connectivity index (χ3n) is 3.47. The van der Waals surface area contributed by atoms with E-state index in [-0.39, 0.29) is 0 Å². The highest BCUT2D eigenvalue weighted by Gasteiger charge is 2.00. The lowest BCUT2D eigenvalue weighted by atomic mass is 10.1. The van der Waals surface area contributed by atoms with E-state index in [2.05, 4.69) is 28.5 Å². The first-order valence-electron chi connectivity index (χ1n) is 7.78. The number of ether oxygens (including phenoxy) is 1. The number of aromatic nitrogens is 1. The fourth-order valence-electron chi connectivity index (χ4n) is 2.32. The van der Waals surface area contributed by atoms with Crippen LogP contribution >= 0.6 is 11.3 Å². The maximum atomic E-state index is 5.64. The smallest absolute Gasteiger partial charge is 0.173 e. The summed E-state index contributed by atoms with van der Waals surface area (Å²) in [4.78, 5) is 4.35. The topological polar surface area (TPSA) is 34.2 Å². The standard InChI is InChI=1S/C19H20N2OS/c1-2-6-17(7-3-1)18-12-16(14-21-15-18)13-20-9-5-10-22-19-8-4-11-23-19/h1-4,6-8,11-12,14-15,20H,5,9-10,13H2. The fourth-order valence-corrected chi connectivity index (χ4v) is 2.92. The quantitative estimate of drug-likeness (QED) is 0.625. The van der Waals surface area contributed by atoms with Gasteiger partial charge in [0.15, 0.2) is 5.06 Å². The summed E-state index contributed by atoms with van der Waals surface area (Å²) in [5, 5.41) is 6.46. The molecule has 23 heavy (non-hydrogen) atoms. The van der Waals surface area contributed by atoms with E-state index in [1.54, 1.807) is 11.3 Å². The van der Waals surface area contributed by atoms with Crippen LogP contribution in [0.1, 0.15) is 12.0 Å². The molecule has 3 nitrogen and oxygen atoms in total. The van der Waals surface area contributed by atoms with Crippen LogP contribution < -0.4 is 10.1 Å². The van der Waals surface area contributed by atoms with E-state index < -0.39 is 0 Å². The third kappa shape index (κ3) is 4.91. The highest BCUT2D eigenvalue weighted by Crippen LogP contribution is 2.19. The summed E-state index contributed by atoms with van der Waals surface area (Å²) in [5.74, 6) is 0. The molecule has 4 heteroatoms. The largest absolute Gasteiger partial charge is 0.484 e. The van der Waals surface area contributed by atoms with Gasteiger partial charge in [-0.05, 0) is 47.7 Å². The van der Waals surface area contributed by atoms with E-state index in [0.29, 0.717) is 0 Å². The van der Waals surface area contributed by atoms with Gasteiger partial charge in [0, 0.05) is 24.5 Å². The highest BCUT2D eigenvalue weighted by atomic mass is 32.1. The number of nitrogens with one attached hydrogen (secondary N) is 1. The monoisotopic (exact) mass is 324 g/mol. The van der Waals surface area contributed by atoms with Crippen LogP contribution in [-0.2, 0) is 6.54 Å². The van der Waals surface area contributed by atoms with Gasteiger partial charge in [-0.3, -0.25) is 4.98 Å². The summed E-state index contributed by atoms with van der Waals surface area (Å²) in [7, 11) is 0.